The van der Waals surface area contributed by atoms with Crippen molar-refractivity contribution in [2.75, 3.05) is 11.9 Å². The van der Waals surface area contributed by atoms with Crippen LogP contribution in [0.15, 0.2) is 36.4 Å². The van der Waals surface area contributed by atoms with Gasteiger partial charge in [-0.2, -0.15) is 0 Å². The number of halogens is 3. The number of anilines is 1. The average molecular weight is 453 g/mol. The molecule has 6 nitrogen and oxygen atoms in total. The van der Waals surface area contributed by atoms with Crippen LogP contribution in [-0.4, -0.2) is 27.4 Å². The van der Waals surface area contributed by atoms with Gasteiger partial charge in [0.15, 0.2) is 5.69 Å². The first-order chi connectivity index (χ1) is 13.5. The van der Waals surface area contributed by atoms with Crippen LogP contribution in [0.25, 0.3) is 0 Å². The number of aromatic nitrogens is 3. The van der Waals surface area contributed by atoms with E-state index in [-0.39, 0.29) is 18.3 Å². The van der Waals surface area contributed by atoms with Gasteiger partial charge in [0.25, 0.3) is 5.91 Å². The van der Waals surface area contributed by atoms with Crippen LogP contribution in [0.1, 0.15) is 32.9 Å². The van der Waals surface area contributed by atoms with E-state index in [0.717, 1.165) is 30.8 Å². The highest BCUT2D eigenvalue weighted by Crippen LogP contribution is 2.21. The zero-order valence-corrected chi connectivity index (χ0v) is 18.0. The molecule has 152 valence electrons. The lowest BCUT2D eigenvalue weighted by atomic mass is 10.0. The van der Waals surface area contributed by atoms with Gasteiger partial charge in [-0.05, 0) is 66.9 Å². The number of fused-ring (bicyclic) bond motifs is 1. The van der Waals surface area contributed by atoms with Crippen molar-refractivity contribution in [3.05, 3.63) is 74.5 Å². The summed E-state index contributed by atoms with van der Waals surface area (Å²) in [6.07, 6.45) is 0.955. The smallest absolute Gasteiger partial charge is 0.278 e. The molecular weight excluding hydrogens is 433 g/mol. The van der Waals surface area contributed by atoms with Gasteiger partial charge in [-0.25, -0.2) is 4.68 Å². The van der Waals surface area contributed by atoms with Crippen molar-refractivity contribution in [1.82, 2.24) is 20.3 Å². The standard InChI is InChI=1S/C20H19Cl2N5O.ClH/c1-12-19(25-26-27(12)11-13-6-16(21)9-17(22)7-13)20(28)24-18-3-2-15-10-23-5-4-14(15)8-18;/h2-3,6-9,23H,4-5,10-11H2,1H3,(H,24,28);1H. The van der Waals surface area contributed by atoms with E-state index in [9.17, 15) is 4.79 Å². The number of nitrogens with zero attached hydrogens (tertiary/aromatic N) is 3. The summed E-state index contributed by atoms with van der Waals surface area (Å²) in [5.74, 6) is -0.276. The molecule has 4 rings (SSSR count). The molecule has 0 saturated heterocycles. The van der Waals surface area contributed by atoms with E-state index in [4.69, 9.17) is 23.2 Å². The van der Waals surface area contributed by atoms with E-state index in [0.29, 0.717) is 28.0 Å². The average Bonchev–Trinajstić information content (AvgIpc) is 3.01. The van der Waals surface area contributed by atoms with E-state index in [1.165, 1.54) is 11.1 Å². The molecule has 29 heavy (non-hydrogen) atoms. The van der Waals surface area contributed by atoms with Crippen LogP contribution in [0.2, 0.25) is 10.0 Å². The Morgan fingerprint density at radius 2 is 1.93 bits per heavy atom. The molecule has 2 N–H and O–H groups in total. The Kier molecular flexibility index (Phi) is 6.80. The maximum absolute atomic E-state index is 12.7. The van der Waals surface area contributed by atoms with Gasteiger partial charge < -0.3 is 10.6 Å². The molecular formula is C20H20Cl3N5O. The van der Waals surface area contributed by atoms with Gasteiger partial charge in [0.1, 0.15) is 0 Å². The normalized spacial score (nSPS) is 12.8. The highest BCUT2D eigenvalue weighted by molar-refractivity contribution is 6.34. The minimum absolute atomic E-state index is 0. The maximum atomic E-state index is 12.7. The monoisotopic (exact) mass is 451 g/mol. The highest BCUT2D eigenvalue weighted by Gasteiger charge is 2.18. The fourth-order valence-electron chi connectivity index (χ4n) is 3.34. The van der Waals surface area contributed by atoms with Gasteiger partial charge >= 0.3 is 0 Å². The minimum Gasteiger partial charge on any atom is -0.321 e. The van der Waals surface area contributed by atoms with Crippen molar-refractivity contribution in [3.8, 4) is 0 Å². The van der Waals surface area contributed by atoms with Gasteiger partial charge in [-0.1, -0.05) is 34.5 Å². The Labute approximate surface area is 185 Å². The Hall–Kier alpha value is -2.12. The molecule has 2 aromatic carbocycles. The van der Waals surface area contributed by atoms with Crippen molar-refractivity contribution >= 4 is 47.2 Å². The van der Waals surface area contributed by atoms with Crippen molar-refractivity contribution in [2.24, 2.45) is 0 Å². The van der Waals surface area contributed by atoms with Gasteiger partial charge in [0, 0.05) is 22.3 Å². The molecule has 3 aromatic rings. The minimum atomic E-state index is -0.276. The van der Waals surface area contributed by atoms with Crippen molar-refractivity contribution in [2.45, 2.75) is 26.4 Å². The number of rotatable bonds is 4. The molecule has 1 aliphatic rings. The van der Waals surface area contributed by atoms with Crippen LogP contribution < -0.4 is 10.6 Å². The lowest BCUT2D eigenvalue weighted by Crippen LogP contribution is -2.23. The summed E-state index contributed by atoms with van der Waals surface area (Å²) in [6, 6.07) is 11.3. The summed E-state index contributed by atoms with van der Waals surface area (Å²) < 4.78 is 1.66. The maximum Gasteiger partial charge on any atom is 0.278 e. The number of amides is 1. The van der Waals surface area contributed by atoms with Crippen molar-refractivity contribution in [3.63, 3.8) is 0 Å². The Morgan fingerprint density at radius 1 is 1.17 bits per heavy atom. The molecule has 1 aliphatic heterocycles. The number of hydrogen-bond acceptors (Lipinski definition) is 4. The predicted octanol–water partition coefficient (Wildman–Crippen LogP) is 4.26. The number of hydrogen-bond donors (Lipinski definition) is 2. The number of carbonyl (C=O) groups is 1. The largest absolute Gasteiger partial charge is 0.321 e. The summed E-state index contributed by atoms with van der Waals surface area (Å²) >= 11 is 12.1. The molecule has 0 saturated carbocycles. The van der Waals surface area contributed by atoms with Crippen molar-refractivity contribution in [1.29, 1.82) is 0 Å². The Balaban J connectivity index is 0.00000240. The van der Waals surface area contributed by atoms with E-state index in [2.05, 4.69) is 20.9 Å². The van der Waals surface area contributed by atoms with Gasteiger partial charge in [-0.15, -0.1) is 17.5 Å². The second-order valence-corrected chi connectivity index (χ2v) is 7.70. The van der Waals surface area contributed by atoms with E-state index in [1.54, 1.807) is 10.7 Å². The van der Waals surface area contributed by atoms with Gasteiger partial charge in [0.2, 0.25) is 0 Å². The molecule has 0 radical (unpaired) electrons. The summed E-state index contributed by atoms with van der Waals surface area (Å²) in [5, 5.41) is 15.6. The Bertz CT molecular complexity index is 1030. The van der Waals surface area contributed by atoms with Crippen LogP contribution in [0.4, 0.5) is 5.69 Å². The fraction of sp³-hybridized carbons (Fsp3) is 0.250. The van der Waals surface area contributed by atoms with E-state index < -0.39 is 0 Å². The molecule has 2 heterocycles. The third kappa shape index (κ3) is 4.90. The quantitative estimate of drug-likeness (QED) is 0.620. The summed E-state index contributed by atoms with van der Waals surface area (Å²) in [6.45, 7) is 4.06. The lowest BCUT2D eigenvalue weighted by molar-refractivity contribution is 0.102. The number of nitrogens with one attached hydrogen (secondary N) is 2. The third-order valence-electron chi connectivity index (χ3n) is 4.80. The first-order valence-electron chi connectivity index (χ1n) is 8.98. The molecule has 0 spiro atoms. The second kappa shape index (κ2) is 9.13. The molecule has 0 unspecified atom stereocenters. The summed E-state index contributed by atoms with van der Waals surface area (Å²) in [7, 11) is 0. The molecule has 0 bridgehead atoms. The van der Waals surface area contributed by atoms with Crippen LogP contribution in [0.3, 0.4) is 0 Å². The third-order valence-corrected chi connectivity index (χ3v) is 5.24. The summed E-state index contributed by atoms with van der Waals surface area (Å²) in [4.78, 5) is 12.7. The van der Waals surface area contributed by atoms with E-state index >= 15 is 0 Å². The zero-order chi connectivity index (χ0) is 19.7. The van der Waals surface area contributed by atoms with Crippen molar-refractivity contribution < 1.29 is 4.79 Å². The predicted molar refractivity (Wildman–Crippen MR) is 117 cm³/mol. The Morgan fingerprint density at radius 3 is 2.69 bits per heavy atom. The van der Waals surface area contributed by atoms with Crippen LogP contribution in [0.5, 0.6) is 0 Å². The second-order valence-electron chi connectivity index (χ2n) is 6.82. The number of benzene rings is 2. The van der Waals surface area contributed by atoms with Crippen LogP contribution in [0, 0.1) is 6.92 Å². The zero-order valence-electron chi connectivity index (χ0n) is 15.7. The van der Waals surface area contributed by atoms with Crippen LogP contribution in [-0.2, 0) is 19.5 Å². The van der Waals surface area contributed by atoms with Gasteiger partial charge in [0.05, 0.1) is 12.2 Å². The molecule has 0 aliphatic carbocycles. The molecule has 9 heteroatoms. The lowest BCUT2D eigenvalue weighted by Gasteiger charge is -2.18. The molecule has 0 fully saturated rings. The molecule has 1 amide bonds. The SMILES string of the molecule is Cc1c(C(=O)Nc2ccc3c(c2)CCNC3)nnn1Cc1cc(Cl)cc(Cl)c1.Cl. The molecule has 1 aromatic heterocycles. The van der Waals surface area contributed by atoms with Crippen LogP contribution >= 0.6 is 35.6 Å². The fourth-order valence-corrected chi connectivity index (χ4v) is 3.91. The van der Waals surface area contributed by atoms with Gasteiger partial charge in [-0.3, -0.25) is 4.79 Å². The summed E-state index contributed by atoms with van der Waals surface area (Å²) in [5.41, 5.74) is 5.16. The molecule has 0 atom stereocenters. The topological polar surface area (TPSA) is 71.8 Å². The highest BCUT2D eigenvalue weighted by atomic mass is 35.5. The first kappa shape index (κ1) is 21.6. The number of carbonyl (C=O) groups excluding carboxylic acids is 1. The van der Waals surface area contributed by atoms with E-state index in [1.807, 2.05) is 37.3 Å². The first-order valence-corrected chi connectivity index (χ1v) is 9.74.